The van der Waals surface area contributed by atoms with E-state index in [2.05, 4.69) is 27.5 Å². The molecule has 0 aliphatic rings. The normalized spacial score (nSPS) is 10.4. The summed E-state index contributed by atoms with van der Waals surface area (Å²) < 4.78 is 0. The molecule has 0 aliphatic carbocycles. The van der Waals surface area contributed by atoms with Gasteiger partial charge in [0.2, 0.25) is 0 Å². The summed E-state index contributed by atoms with van der Waals surface area (Å²) in [6.45, 7) is 5.21. The van der Waals surface area contributed by atoms with Gasteiger partial charge in [0.05, 0.1) is 22.8 Å². The average molecular weight is 325 g/mol. The first-order valence-corrected chi connectivity index (χ1v) is 7.95. The fourth-order valence-electron chi connectivity index (χ4n) is 1.69. The molecule has 2 N–H and O–H groups in total. The minimum absolute atomic E-state index is 0.236. The average Bonchev–Trinajstić information content (AvgIpc) is 2.89. The molecule has 0 aromatic carbocycles. The Labute approximate surface area is 132 Å². The summed E-state index contributed by atoms with van der Waals surface area (Å²) in [4.78, 5) is 21.6. The number of aromatic nitrogens is 2. The van der Waals surface area contributed by atoms with Crippen LogP contribution in [0.2, 0.25) is 5.02 Å². The molecule has 0 bridgehead atoms. The van der Waals surface area contributed by atoms with Crippen LogP contribution >= 0.6 is 22.9 Å². The van der Waals surface area contributed by atoms with Crippen LogP contribution < -0.4 is 10.6 Å². The fourth-order valence-corrected chi connectivity index (χ4v) is 2.60. The van der Waals surface area contributed by atoms with Gasteiger partial charge in [-0.3, -0.25) is 4.79 Å². The van der Waals surface area contributed by atoms with Crippen LogP contribution in [-0.4, -0.2) is 22.4 Å². The summed E-state index contributed by atoms with van der Waals surface area (Å²) in [6, 6.07) is 3.45. The Kier molecular flexibility index (Phi) is 5.52. The third kappa shape index (κ3) is 4.15. The number of hydrogen-bond donors (Lipinski definition) is 2. The quantitative estimate of drug-likeness (QED) is 0.856. The smallest absolute Gasteiger partial charge is 0.271 e. The van der Waals surface area contributed by atoms with E-state index in [1.54, 1.807) is 17.6 Å². The second kappa shape index (κ2) is 7.38. The Morgan fingerprint density at radius 2 is 2.24 bits per heavy atom. The molecular weight excluding hydrogens is 308 g/mol. The van der Waals surface area contributed by atoms with Gasteiger partial charge in [0.25, 0.3) is 5.91 Å². The zero-order valence-corrected chi connectivity index (χ0v) is 13.5. The number of nitrogens with zero attached hydrogens (tertiary/aromatic N) is 2. The zero-order chi connectivity index (χ0) is 15.2. The Balaban J connectivity index is 2.05. The van der Waals surface area contributed by atoms with Gasteiger partial charge in [-0.2, -0.15) is 0 Å². The maximum absolute atomic E-state index is 12.2. The summed E-state index contributed by atoms with van der Waals surface area (Å²) in [5.41, 5.74) is 2.93. The van der Waals surface area contributed by atoms with Crippen LogP contribution in [0.15, 0.2) is 17.6 Å². The zero-order valence-electron chi connectivity index (χ0n) is 11.9. The largest absolute Gasteiger partial charge is 0.370 e. The molecule has 7 heteroatoms. The molecular formula is C14H17ClN4OS. The van der Waals surface area contributed by atoms with E-state index in [0.29, 0.717) is 17.4 Å². The van der Waals surface area contributed by atoms with E-state index in [9.17, 15) is 4.79 Å². The number of nitrogens with one attached hydrogen (secondary N) is 2. The summed E-state index contributed by atoms with van der Waals surface area (Å²) in [7, 11) is 0. The Bertz CT molecular complexity index is 629. The van der Waals surface area contributed by atoms with Gasteiger partial charge in [-0.05, 0) is 25.5 Å². The van der Waals surface area contributed by atoms with Crippen molar-refractivity contribution in [2.45, 2.75) is 26.8 Å². The molecule has 2 aromatic heterocycles. The highest BCUT2D eigenvalue weighted by molar-refractivity contribution is 7.09. The first-order valence-electron chi connectivity index (χ1n) is 6.69. The molecule has 0 radical (unpaired) electrons. The third-order valence-corrected chi connectivity index (χ3v) is 4.11. The van der Waals surface area contributed by atoms with E-state index in [1.807, 2.05) is 6.92 Å². The number of aryl methyl sites for hydroxylation is 1. The van der Waals surface area contributed by atoms with Crippen LogP contribution in [0.4, 0.5) is 5.82 Å². The van der Waals surface area contributed by atoms with E-state index in [1.165, 1.54) is 11.3 Å². The summed E-state index contributed by atoms with van der Waals surface area (Å²) in [5, 5.41) is 6.30. The van der Waals surface area contributed by atoms with Crippen LogP contribution in [0.5, 0.6) is 0 Å². The molecule has 21 heavy (non-hydrogen) atoms. The van der Waals surface area contributed by atoms with E-state index < -0.39 is 0 Å². The summed E-state index contributed by atoms with van der Waals surface area (Å²) in [6.07, 6.45) is 0.983. The van der Waals surface area contributed by atoms with Crippen molar-refractivity contribution in [3.63, 3.8) is 0 Å². The lowest BCUT2D eigenvalue weighted by Crippen LogP contribution is -2.24. The van der Waals surface area contributed by atoms with Crippen LogP contribution in [0, 0.1) is 6.92 Å². The highest BCUT2D eigenvalue weighted by Gasteiger charge is 2.14. The second-order valence-electron chi connectivity index (χ2n) is 4.50. The fraction of sp³-hybridized carbons (Fsp3) is 0.357. The Hall–Kier alpha value is -1.66. The SMILES string of the molecule is CCCNc1ccc(Cl)c(C(=O)NCc2scnc2C)n1. The molecule has 0 aliphatic heterocycles. The lowest BCUT2D eigenvalue weighted by Gasteiger charge is -2.08. The van der Waals surface area contributed by atoms with E-state index in [0.717, 1.165) is 23.5 Å². The second-order valence-corrected chi connectivity index (χ2v) is 5.84. The highest BCUT2D eigenvalue weighted by atomic mass is 35.5. The van der Waals surface area contributed by atoms with Crippen molar-refractivity contribution in [1.29, 1.82) is 0 Å². The predicted octanol–water partition coefficient (Wildman–Crippen LogP) is 3.25. The lowest BCUT2D eigenvalue weighted by molar-refractivity contribution is 0.0946. The molecule has 0 saturated heterocycles. The Morgan fingerprint density at radius 1 is 1.43 bits per heavy atom. The van der Waals surface area contributed by atoms with E-state index in [-0.39, 0.29) is 11.6 Å². The first-order chi connectivity index (χ1) is 10.1. The number of halogens is 1. The molecule has 0 atom stereocenters. The number of hydrogen-bond acceptors (Lipinski definition) is 5. The monoisotopic (exact) mass is 324 g/mol. The van der Waals surface area contributed by atoms with Crippen molar-refractivity contribution < 1.29 is 4.79 Å². The molecule has 0 unspecified atom stereocenters. The van der Waals surface area contributed by atoms with Crippen LogP contribution in [-0.2, 0) is 6.54 Å². The van der Waals surface area contributed by atoms with Crippen LogP contribution in [0.25, 0.3) is 0 Å². The van der Waals surface area contributed by atoms with Crippen molar-refractivity contribution in [3.8, 4) is 0 Å². The highest BCUT2D eigenvalue weighted by Crippen LogP contribution is 2.17. The van der Waals surface area contributed by atoms with Gasteiger partial charge in [-0.15, -0.1) is 11.3 Å². The number of carbonyl (C=O) groups excluding carboxylic acids is 1. The molecule has 5 nitrogen and oxygen atoms in total. The van der Waals surface area contributed by atoms with Crippen molar-refractivity contribution in [3.05, 3.63) is 38.9 Å². The van der Waals surface area contributed by atoms with Gasteiger partial charge < -0.3 is 10.6 Å². The van der Waals surface area contributed by atoms with Gasteiger partial charge >= 0.3 is 0 Å². The van der Waals surface area contributed by atoms with Gasteiger partial charge in [-0.1, -0.05) is 18.5 Å². The van der Waals surface area contributed by atoms with Crippen molar-refractivity contribution in [2.75, 3.05) is 11.9 Å². The minimum Gasteiger partial charge on any atom is -0.370 e. The Morgan fingerprint density at radius 3 is 2.90 bits per heavy atom. The lowest BCUT2D eigenvalue weighted by atomic mass is 10.3. The molecule has 2 heterocycles. The third-order valence-electron chi connectivity index (χ3n) is 2.87. The van der Waals surface area contributed by atoms with E-state index in [4.69, 9.17) is 11.6 Å². The summed E-state index contributed by atoms with van der Waals surface area (Å²) >= 11 is 7.57. The van der Waals surface area contributed by atoms with Crippen molar-refractivity contribution in [1.82, 2.24) is 15.3 Å². The molecule has 2 rings (SSSR count). The molecule has 1 amide bonds. The number of pyridine rings is 1. The molecule has 0 saturated carbocycles. The minimum atomic E-state index is -0.284. The maximum Gasteiger partial charge on any atom is 0.271 e. The predicted molar refractivity (Wildman–Crippen MR) is 86.0 cm³/mol. The number of carbonyl (C=O) groups is 1. The maximum atomic E-state index is 12.2. The molecule has 2 aromatic rings. The van der Waals surface area contributed by atoms with Gasteiger partial charge in [0, 0.05) is 11.4 Å². The van der Waals surface area contributed by atoms with Crippen molar-refractivity contribution >= 4 is 34.7 Å². The number of amides is 1. The summed E-state index contributed by atoms with van der Waals surface area (Å²) in [5.74, 6) is 0.369. The number of thiazole rings is 1. The number of rotatable bonds is 6. The first kappa shape index (κ1) is 15.7. The van der Waals surface area contributed by atoms with E-state index >= 15 is 0 Å². The molecule has 112 valence electrons. The van der Waals surface area contributed by atoms with Gasteiger partial charge in [0.1, 0.15) is 11.5 Å². The van der Waals surface area contributed by atoms with Crippen LogP contribution in [0.3, 0.4) is 0 Å². The topological polar surface area (TPSA) is 66.9 Å². The molecule has 0 spiro atoms. The van der Waals surface area contributed by atoms with Crippen LogP contribution in [0.1, 0.15) is 34.4 Å². The molecule has 0 fully saturated rings. The van der Waals surface area contributed by atoms with Crippen molar-refractivity contribution in [2.24, 2.45) is 0 Å². The van der Waals surface area contributed by atoms with Gasteiger partial charge in [-0.25, -0.2) is 9.97 Å². The standard InChI is InChI=1S/C14H17ClN4OS/c1-3-6-16-12-5-4-10(15)13(19-12)14(20)17-7-11-9(2)18-8-21-11/h4-5,8H,3,6-7H2,1-2H3,(H,16,19)(H,17,20). The van der Waals surface area contributed by atoms with Gasteiger partial charge in [0.15, 0.2) is 0 Å². The number of anilines is 1.